The lowest BCUT2D eigenvalue weighted by Crippen LogP contribution is -2.21. The van der Waals surface area contributed by atoms with Gasteiger partial charge in [0.25, 0.3) is 5.91 Å². The predicted molar refractivity (Wildman–Crippen MR) is 108 cm³/mol. The molecule has 3 aromatic rings. The van der Waals surface area contributed by atoms with E-state index in [0.717, 1.165) is 5.56 Å². The largest absolute Gasteiger partial charge is 0.452 e. The highest BCUT2D eigenvalue weighted by molar-refractivity contribution is 6.32. The first-order chi connectivity index (χ1) is 13.4. The van der Waals surface area contributed by atoms with E-state index in [-0.39, 0.29) is 10.7 Å². The monoisotopic (exact) mass is 417 g/mol. The second-order valence-corrected chi connectivity index (χ2v) is 6.82. The molecule has 144 valence electrons. The van der Waals surface area contributed by atoms with Crippen molar-refractivity contribution in [3.05, 3.63) is 81.6 Å². The standard InChI is InChI=1S/C20H17Cl2N3O3/c1-13-18(19(22)25(24-13)11-14-6-3-2-4-7-14)20(27)28-12-17(26)23-16-9-5-8-15(21)10-16/h2-10H,11-12H2,1H3,(H,23,26). The van der Waals surface area contributed by atoms with E-state index >= 15 is 0 Å². The summed E-state index contributed by atoms with van der Waals surface area (Å²) in [6.07, 6.45) is 0. The van der Waals surface area contributed by atoms with Gasteiger partial charge in [-0.2, -0.15) is 5.10 Å². The molecule has 0 aliphatic rings. The molecule has 1 heterocycles. The van der Waals surface area contributed by atoms with Gasteiger partial charge in [-0.15, -0.1) is 0 Å². The van der Waals surface area contributed by atoms with E-state index in [1.165, 1.54) is 4.68 Å². The van der Waals surface area contributed by atoms with Crippen LogP contribution in [0.1, 0.15) is 21.6 Å². The molecule has 0 fully saturated rings. The zero-order chi connectivity index (χ0) is 20.1. The molecule has 0 radical (unpaired) electrons. The fourth-order valence-corrected chi connectivity index (χ4v) is 3.11. The van der Waals surface area contributed by atoms with Crippen molar-refractivity contribution < 1.29 is 14.3 Å². The van der Waals surface area contributed by atoms with Crippen LogP contribution in [0.3, 0.4) is 0 Å². The van der Waals surface area contributed by atoms with Crippen molar-refractivity contribution in [2.45, 2.75) is 13.5 Å². The van der Waals surface area contributed by atoms with Crippen LogP contribution in [0.25, 0.3) is 0 Å². The molecule has 3 rings (SSSR count). The van der Waals surface area contributed by atoms with Gasteiger partial charge >= 0.3 is 5.97 Å². The highest BCUT2D eigenvalue weighted by Crippen LogP contribution is 2.22. The Morgan fingerprint density at radius 1 is 1.11 bits per heavy atom. The predicted octanol–water partition coefficient (Wildman–Crippen LogP) is 4.34. The quantitative estimate of drug-likeness (QED) is 0.605. The molecule has 6 nitrogen and oxygen atoms in total. The van der Waals surface area contributed by atoms with Crippen molar-refractivity contribution in [2.24, 2.45) is 0 Å². The number of esters is 1. The van der Waals surface area contributed by atoms with E-state index in [1.807, 2.05) is 30.3 Å². The summed E-state index contributed by atoms with van der Waals surface area (Å²) in [4.78, 5) is 24.4. The Bertz CT molecular complexity index is 1000. The number of carbonyl (C=O) groups is 2. The third kappa shape index (κ3) is 4.91. The topological polar surface area (TPSA) is 73.2 Å². The minimum Gasteiger partial charge on any atom is -0.452 e. The van der Waals surface area contributed by atoms with Gasteiger partial charge in [0.2, 0.25) is 0 Å². The highest BCUT2D eigenvalue weighted by Gasteiger charge is 2.22. The maximum absolute atomic E-state index is 12.4. The number of carbonyl (C=O) groups excluding carboxylic acids is 2. The normalized spacial score (nSPS) is 10.5. The molecule has 0 bridgehead atoms. The van der Waals surface area contributed by atoms with Gasteiger partial charge < -0.3 is 10.1 Å². The molecule has 0 aliphatic heterocycles. The molecule has 0 saturated carbocycles. The molecule has 28 heavy (non-hydrogen) atoms. The Balaban J connectivity index is 1.63. The first-order valence-corrected chi connectivity index (χ1v) is 9.19. The van der Waals surface area contributed by atoms with Gasteiger partial charge in [-0.1, -0.05) is 59.6 Å². The van der Waals surface area contributed by atoms with E-state index in [9.17, 15) is 9.59 Å². The Morgan fingerprint density at radius 2 is 1.86 bits per heavy atom. The molecule has 1 N–H and O–H groups in total. The molecule has 0 unspecified atom stereocenters. The van der Waals surface area contributed by atoms with Crippen LogP contribution < -0.4 is 5.32 Å². The van der Waals surface area contributed by atoms with Crippen molar-refractivity contribution in [3.8, 4) is 0 Å². The third-order valence-electron chi connectivity index (χ3n) is 3.89. The molecule has 0 spiro atoms. The number of amides is 1. The van der Waals surface area contributed by atoms with Crippen molar-refractivity contribution in [1.82, 2.24) is 9.78 Å². The molecule has 0 saturated heterocycles. The number of ether oxygens (including phenoxy) is 1. The minimum absolute atomic E-state index is 0.146. The number of hydrogen-bond donors (Lipinski definition) is 1. The van der Waals surface area contributed by atoms with Crippen molar-refractivity contribution in [1.29, 1.82) is 0 Å². The number of aromatic nitrogens is 2. The summed E-state index contributed by atoms with van der Waals surface area (Å²) in [6.45, 7) is 1.63. The van der Waals surface area contributed by atoms with Crippen molar-refractivity contribution in [3.63, 3.8) is 0 Å². The summed E-state index contributed by atoms with van der Waals surface area (Å²) in [7, 11) is 0. The van der Waals surface area contributed by atoms with Crippen LogP contribution in [0.15, 0.2) is 54.6 Å². The van der Waals surface area contributed by atoms with Gasteiger partial charge in [0.05, 0.1) is 12.2 Å². The number of benzene rings is 2. The van der Waals surface area contributed by atoms with Crippen LogP contribution in [0.5, 0.6) is 0 Å². The molecule has 1 aromatic heterocycles. The maximum Gasteiger partial charge on any atom is 0.343 e. The van der Waals surface area contributed by atoms with Crippen LogP contribution in [-0.2, 0) is 16.1 Å². The van der Waals surface area contributed by atoms with E-state index < -0.39 is 18.5 Å². The summed E-state index contributed by atoms with van der Waals surface area (Å²) >= 11 is 12.2. The van der Waals surface area contributed by atoms with Crippen LogP contribution in [0, 0.1) is 6.92 Å². The maximum atomic E-state index is 12.4. The van der Waals surface area contributed by atoms with E-state index in [0.29, 0.717) is 22.9 Å². The molecule has 0 aliphatic carbocycles. The molecule has 0 atom stereocenters. The molecule has 2 aromatic carbocycles. The lowest BCUT2D eigenvalue weighted by molar-refractivity contribution is -0.119. The zero-order valence-corrected chi connectivity index (χ0v) is 16.5. The Kier molecular flexibility index (Phi) is 6.34. The second-order valence-electron chi connectivity index (χ2n) is 6.03. The van der Waals surface area contributed by atoms with Gasteiger partial charge in [0.15, 0.2) is 6.61 Å². The highest BCUT2D eigenvalue weighted by atomic mass is 35.5. The molecule has 1 amide bonds. The van der Waals surface area contributed by atoms with E-state index in [2.05, 4.69) is 10.4 Å². The Labute approximate surface area is 172 Å². The molecular weight excluding hydrogens is 401 g/mol. The number of halogens is 2. The average Bonchev–Trinajstić information content (AvgIpc) is 2.94. The lowest BCUT2D eigenvalue weighted by atomic mass is 10.2. The first kappa shape index (κ1) is 19.9. The number of anilines is 1. The Hall–Kier alpha value is -2.83. The number of hydrogen-bond acceptors (Lipinski definition) is 4. The Morgan fingerprint density at radius 3 is 2.57 bits per heavy atom. The SMILES string of the molecule is Cc1nn(Cc2ccccc2)c(Cl)c1C(=O)OCC(=O)Nc1cccc(Cl)c1. The zero-order valence-electron chi connectivity index (χ0n) is 15.0. The summed E-state index contributed by atoms with van der Waals surface area (Å²) in [5.41, 5.74) is 2.08. The van der Waals surface area contributed by atoms with Crippen LogP contribution in [-0.4, -0.2) is 28.3 Å². The number of aryl methyl sites for hydroxylation is 1. The van der Waals surface area contributed by atoms with Gasteiger partial charge in [0.1, 0.15) is 10.7 Å². The summed E-state index contributed by atoms with van der Waals surface area (Å²) in [6, 6.07) is 16.3. The average molecular weight is 418 g/mol. The van der Waals surface area contributed by atoms with Crippen LogP contribution in [0.4, 0.5) is 5.69 Å². The summed E-state index contributed by atoms with van der Waals surface area (Å²) in [5.74, 6) is -1.19. The van der Waals surface area contributed by atoms with Crippen molar-refractivity contribution in [2.75, 3.05) is 11.9 Å². The smallest absolute Gasteiger partial charge is 0.343 e. The van der Waals surface area contributed by atoms with E-state index in [4.69, 9.17) is 27.9 Å². The fourth-order valence-electron chi connectivity index (χ4n) is 2.61. The minimum atomic E-state index is -0.706. The number of nitrogens with zero attached hydrogens (tertiary/aromatic N) is 2. The molecule has 8 heteroatoms. The second kappa shape index (κ2) is 8.91. The summed E-state index contributed by atoms with van der Waals surface area (Å²) < 4.78 is 6.62. The fraction of sp³-hybridized carbons (Fsp3) is 0.150. The number of nitrogens with one attached hydrogen (secondary N) is 1. The van der Waals surface area contributed by atoms with Crippen LogP contribution >= 0.6 is 23.2 Å². The first-order valence-electron chi connectivity index (χ1n) is 8.43. The van der Waals surface area contributed by atoms with Crippen molar-refractivity contribution >= 4 is 40.8 Å². The number of rotatable bonds is 6. The van der Waals surface area contributed by atoms with Gasteiger partial charge in [-0.05, 0) is 30.7 Å². The van der Waals surface area contributed by atoms with Gasteiger partial charge in [-0.25, -0.2) is 9.48 Å². The lowest BCUT2D eigenvalue weighted by Gasteiger charge is -2.07. The molecular formula is C20H17Cl2N3O3. The third-order valence-corrected chi connectivity index (χ3v) is 4.51. The van der Waals surface area contributed by atoms with Crippen LogP contribution in [0.2, 0.25) is 10.2 Å². The van der Waals surface area contributed by atoms with Gasteiger partial charge in [-0.3, -0.25) is 4.79 Å². The summed E-state index contributed by atoms with van der Waals surface area (Å²) in [5, 5.41) is 7.56. The van der Waals surface area contributed by atoms with Gasteiger partial charge in [0, 0.05) is 10.7 Å². The van der Waals surface area contributed by atoms with E-state index in [1.54, 1.807) is 31.2 Å².